The highest BCUT2D eigenvalue weighted by molar-refractivity contribution is 7.71. The third kappa shape index (κ3) is 3.84. The van der Waals surface area contributed by atoms with Gasteiger partial charge in [-0.15, -0.1) is 16.4 Å². The van der Waals surface area contributed by atoms with Crippen LogP contribution in [0.15, 0.2) is 35.7 Å². The molecule has 3 heterocycles. The Labute approximate surface area is 180 Å². The topological polar surface area (TPSA) is 44.5 Å². The molecule has 29 heavy (non-hydrogen) atoms. The van der Waals surface area contributed by atoms with E-state index in [9.17, 15) is 0 Å². The van der Waals surface area contributed by atoms with Gasteiger partial charge in [-0.3, -0.25) is 9.47 Å². The van der Waals surface area contributed by atoms with E-state index in [2.05, 4.69) is 40.0 Å². The van der Waals surface area contributed by atoms with Crippen LogP contribution in [-0.2, 0) is 13.2 Å². The molecule has 0 N–H and O–H groups in total. The Bertz CT molecular complexity index is 1030. The molecule has 0 saturated carbocycles. The van der Waals surface area contributed by atoms with Crippen molar-refractivity contribution >= 4 is 23.6 Å². The van der Waals surface area contributed by atoms with Crippen LogP contribution >= 0.6 is 23.6 Å². The van der Waals surface area contributed by atoms with Crippen LogP contribution in [0.25, 0.3) is 10.7 Å². The quantitative estimate of drug-likeness (QED) is 0.495. The average Bonchev–Trinajstić information content (AvgIpc) is 3.49. The lowest BCUT2D eigenvalue weighted by Crippen LogP contribution is -2.27. The van der Waals surface area contributed by atoms with Crippen molar-refractivity contribution in [1.82, 2.24) is 19.2 Å². The minimum Gasteiger partial charge on any atom is -0.497 e. The van der Waals surface area contributed by atoms with Crippen LogP contribution in [0.4, 0.5) is 0 Å². The second-order valence-corrected chi connectivity index (χ2v) is 8.36. The fourth-order valence-corrected chi connectivity index (χ4v) is 5.05. The summed E-state index contributed by atoms with van der Waals surface area (Å²) in [5, 5.41) is 6.95. The van der Waals surface area contributed by atoms with Gasteiger partial charge in [0, 0.05) is 30.8 Å². The zero-order chi connectivity index (χ0) is 20.4. The summed E-state index contributed by atoms with van der Waals surface area (Å²) in [6.07, 6.45) is 2.22. The van der Waals surface area contributed by atoms with Crippen molar-refractivity contribution in [3.05, 3.63) is 46.0 Å². The number of likely N-dealkylation sites (tertiary alicyclic amines) is 1. The molecule has 2 aromatic heterocycles. The number of thiophene rings is 1. The summed E-state index contributed by atoms with van der Waals surface area (Å²) in [7, 11) is 3.39. The molecule has 0 unspecified atom stereocenters. The van der Waals surface area contributed by atoms with E-state index in [0.717, 1.165) is 52.9 Å². The Morgan fingerprint density at radius 3 is 2.79 bits per heavy atom. The number of benzene rings is 1. The van der Waals surface area contributed by atoms with Crippen molar-refractivity contribution in [3.63, 3.8) is 0 Å². The van der Waals surface area contributed by atoms with Crippen LogP contribution in [0.3, 0.4) is 0 Å². The number of rotatable bonds is 7. The molecule has 1 aliphatic heterocycles. The van der Waals surface area contributed by atoms with E-state index in [1.165, 1.54) is 5.56 Å². The average molecular weight is 431 g/mol. The standard InChI is InChI=1S/C21H26N4O2S2/c1-4-24-20(19-8-6-12-29-19)22-25(21(24)28)14-23-11-5-7-17(23)16-10-9-15(26-2)13-18(16)27-3/h6,8-10,12-13,17H,4-5,7,11,14H2,1-3H3/t17-/m0/s1. The molecular formula is C21H26N4O2S2. The van der Waals surface area contributed by atoms with E-state index in [0.29, 0.717) is 6.67 Å². The summed E-state index contributed by atoms with van der Waals surface area (Å²) in [5.41, 5.74) is 1.19. The highest BCUT2D eigenvalue weighted by atomic mass is 32.1. The molecule has 0 bridgehead atoms. The number of methoxy groups -OCH3 is 2. The predicted molar refractivity (Wildman–Crippen MR) is 118 cm³/mol. The Morgan fingerprint density at radius 2 is 2.10 bits per heavy atom. The number of ether oxygens (including phenoxy) is 2. The van der Waals surface area contributed by atoms with Crippen LogP contribution in [0.5, 0.6) is 11.5 Å². The SMILES string of the molecule is CCn1c(-c2cccs2)nn(CN2CCC[C@H]2c2ccc(OC)cc2OC)c1=S. The molecule has 1 saturated heterocycles. The lowest BCUT2D eigenvalue weighted by molar-refractivity contribution is 0.186. The largest absolute Gasteiger partial charge is 0.497 e. The third-order valence-corrected chi connectivity index (χ3v) is 6.76. The summed E-state index contributed by atoms with van der Waals surface area (Å²) in [6, 6.07) is 10.5. The van der Waals surface area contributed by atoms with Gasteiger partial charge in [0.05, 0.1) is 25.8 Å². The van der Waals surface area contributed by atoms with Gasteiger partial charge in [0.1, 0.15) is 11.5 Å². The molecule has 0 aliphatic carbocycles. The maximum absolute atomic E-state index is 5.76. The van der Waals surface area contributed by atoms with Gasteiger partial charge in [0.25, 0.3) is 0 Å². The first-order valence-electron chi connectivity index (χ1n) is 9.83. The van der Waals surface area contributed by atoms with Crippen LogP contribution in [0, 0.1) is 4.77 Å². The first-order chi connectivity index (χ1) is 14.2. The van der Waals surface area contributed by atoms with Gasteiger partial charge < -0.3 is 9.47 Å². The molecule has 0 spiro atoms. The molecule has 6 nitrogen and oxygen atoms in total. The van der Waals surface area contributed by atoms with E-state index in [1.54, 1.807) is 25.6 Å². The highest BCUT2D eigenvalue weighted by Gasteiger charge is 2.29. The molecule has 3 aromatic rings. The zero-order valence-corrected chi connectivity index (χ0v) is 18.6. The molecule has 1 aliphatic rings. The number of hydrogen-bond donors (Lipinski definition) is 0. The van der Waals surface area contributed by atoms with E-state index in [4.69, 9.17) is 26.8 Å². The summed E-state index contributed by atoms with van der Waals surface area (Å²) >= 11 is 7.45. The van der Waals surface area contributed by atoms with E-state index < -0.39 is 0 Å². The molecule has 1 fully saturated rings. The molecule has 1 atom stereocenters. The van der Waals surface area contributed by atoms with Crippen molar-refractivity contribution < 1.29 is 9.47 Å². The van der Waals surface area contributed by atoms with Crippen LogP contribution in [0.2, 0.25) is 0 Å². The number of hydrogen-bond acceptors (Lipinski definition) is 6. The summed E-state index contributed by atoms with van der Waals surface area (Å²) < 4.78 is 15.9. The van der Waals surface area contributed by atoms with Crippen LogP contribution in [-0.4, -0.2) is 40.0 Å². The second kappa shape index (κ2) is 8.69. The summed E-state index contributed by atoms with van der Waals surface area (Å²) in [4.78, 5) is 3.58. The van der Waals surface area contributed by atoms with E-state index in [-0.39, 0.29) is 6.04 Å². The smallest absolute Gasteiger partial charge is 0.199 e. The highest BCUT2D eigenvalue weighted by Crippen LogP contribution is 2.39. The first kappa shape index (κ1) is 20.1. The normalized spacial score (nSPS) is 17.0. The zero-order valence-electron chi connectivity index (χ0n) is 17.0. The molecule has 0 radical (unpaired) electrons. The van der Waals surface area contributed by atoms with E-state index >= 15 is 0 Å². The van der Waals surface area contributed by atoms with Gasteiger partial charge >= 0.3 is 0 Å². The monoisotopic (exact) mass is 430 g/mol. The van der Waals surface area contributed by atoms with Crippen molar-refractivity contribution in [2.24, 2.45) is 0 Å². The third-order valence-electron chi connectivity index (χ3n) is 5.46. The minimum atomic E-state index is 0.273. The van der Waals surface area contributed by atoms with Crippen molar-refractivity contribution in [2.45, 2.75) is 39.0 Å². The Morgan fingerprint density at radius 1 is 1.24 bits per heavy atom. The fourth-order valence-electron chi connectivity index (χ4n) is 4.02. The summed E-state index contributed by atoms with van der Waals surface area (Å²) in [5.74, 6) is 2.62. The molecule has 4 rings (SSSR count). The lowest BCUT2D eigenvalue weighted by atomic mass is 10.0. The van der Waals surface area contributed by atoms with Gasteiger partial charge in [-0.05, 0) is 49.5 Å². The molecule has 8 heteroatoms. The predicted octanol–water partition coefficient (Wildman–Crippen LogP) is 4.97. The number of nitrogens with zero attached hydrogens (tertiary/aromatic N) is 4. The number of aromatic nitrogens is 3. The van der Waals surface area contributed by atoms with Gasteiger partial charge in [-0.2, -0.15) is 0 Å². The second-order valence-electron chi connectivity index (χ2n) is 7.05. The lowest BCUT2D eigenvalue weighted by Gasteiger charge is -2.26. The maximum atomic E-state index is 5.76. The van der Waals surface area contributed by atoms with Gasteiger partial charge in [0.15, 0.2) is 10.6 Å². The van der Waals surface area contributed by atoms with Crippen molar-refractivity contribution in [2.75, 3.05) is 20.8 Å². The Kier molecular flexibility index (Phi) is 6.03. The van der Waals surface area contributed by atoms with Crippen LogP contribution in [0.1, 0.15) is 31.4 Å². The maximum Gasteiger partial charge on any atom is 0.199 e. The van der Waals surface area contributed by atoms with Crippen molar-refractivity contribution in [3.8, 4) is 22.2 Å². The molecule has 0 amide bonds. The summed E-state index contributed by atoms with van der Waals surface area (Å²) in [6.45, 7) is 4.60. The minimum absolute atomic E-state index is 0.273. The molecule has 154 valence electrons. The van der Waals surface area contributed by atoms with Crippen LogP contribution < -0.4 is 9.47 Å². The molecule has 1 aromatic carbocycles. The Balaban J connectivity index is 1.64. The van der Waals surface area contributed by atoms with E-state index in [1.807, 2.05) is 16.8 Å². The van der Waals surface area contributed by atoms with Gasteiger partial charge in [-0.1, -0.05) is 12.1 Å². The first-order valence-corrected chi connectivity index (χ1v) is 11.1. The van der Waals surface area contributed by atoms with Gasteiger partial charge in [-0.25, -0.2) is 4.68 Å². The van der Waals surface area contributed by atoms with Gasteiger partial charge in [0.2, 0.25) is 0 Å². The molecular weight excluding hydrogens is 404 g/mol. The fraction of sp³-hybridized carbons (Fsp3) is 0.429. The Hall–Kier alpha value is -2.16. The van der Waals surface area contributed by atoms with Crippen molar-refractivity contribution in [1.29, 1.82) is 0 Å².